The summed E-state index contributed by atoms with van der Waals surface area (Å²) in [7, 11) is 0. The van der Waals surface area contributed by atoms with Crippen molar-refractivity contribution in [1.29, 1.82) is 0 Å². The fourth-order valence-electron chi connectivity index (χ4n) is 1.59. The monoisotopic (exact) mass is 214 g/mol. The molecule has 4 nitrogen and oxygen atoms in total. The topological polar surface area (TPSA) is 55.0 Å². The van der Waals surface area contributed by atoms with Gasteiger partial charge in [-0.15, -0.1) is 5.10 Å². The predicted molar refractivity (Wildman–Crippen MR) is 52.8 cm³/mol. The molecule has 0 bridgehead atoms. The lowest BCUT2D eigenvalue weighted by atomic mass is 10.1. The number of hydrogen-bond acceptors (Lipinski definition) is 4. The summed E-state index contributed by atoms with van der Waals surface area (Å²) in [5, 5.41) is 7.55. The second-order valence-corrected chi connectivity index (χ2v) is 3.69. The molecule has 1 fully saturated rings. The van der Waals surface area contributed by atoms with E-state index in [1.165, 1.54) is 6.20 Å². The number of nitrogens with two attached hydrogens (primary N) is 1. The molecule has 0 saturated carbocycles. The van der Waals surface area contributed by atoms with Gasteiger partial charge in [0.15, 0.2) is 5.82 Å². The van der Waals surface area contributed by atoms with Crippen molar-refractivity contribution in [2.24, 2.45) is 0 Å². The van der Waals surface area contributed by atoms with Crippen LogP contribution in [0.15, 0.2) is 12.3 Å². The molecule has 0 amide bonds. The van der Waals surface area contributed by atoms with E-state index in [9.17, 15) is 8.78 Å². The summed E-state index contributed by atoms with van der Waals surface area (Å²) < 4.78 is 25.8. The molecule has 0 aromatic carbocycles. The van der Waals surface area contributed by atoms with E-state index in [4.69, 9.17) is 5.73 Å². The Balaban J connectivity index is 2.08. The molecule has 6 heteroatoms. The van der Waals surface area contributed by atoms with Crippen molar-refractivity contribution in [3.8, 4) is 0 Å². The Hall–Kier alpha value is -1.46. The molecule has 82 valence electrons. The summed E-state index contributed by atoms with van der Waals surface area (Å²) in [6.45, 7) is 0.594. The zero-order valence-corrected chi connectivity index (χ0v) is 8.16. The molecule has 2 N–H and O–H groups in total. The SMILES string of the molecule is Nc1cnnc(N2CCC(F)(F)CC2)c1. The van der Waals surface area contributed by atoms with Crippen LogP contribution in [0.1, 0.15) is 12.8 Å². The largest absolute Gasteiger partial charge is 0.397 e. The first-order valence-electron chi connectivity index (χ1n) is 4.78. The number of piperidine rings is 1. The molecule has 1 aliphatic rings. The summed E-state index contributed by atoms with van der Waals surface area (Å²) in [6, 6.07) is 1.65. The molecule has 1 saturated heterocycles. The smallest absolute Gasteiger partial charge is 0.251 e. The second kappa shape index (κ2) is 3.60. The summed E-state index contributed by atoms with van der Waals surface area (Å²) in [4.78, 5) is 1.78. The van der Waals surface area contributed by atoms with Gasteiger partial charge in [-0.05, 0) is 0 Å². The number of nitrogens with zero attached hydrogens (tertiary/aromatic N) is 3. The van der Waals surface area contributed by atoms with Crippen molar-refractivity contribution in [2.45, 2.75) is 18.8 Å². The van der Waals surface area contributed by atoms with Crippen molar-refractivity contribution in [3.63, 3.8) is 0 Å². The highest BCUT2D eigenvalue weighted by Gasteiger charge is 2.34. The van der Waals surface area contributed by atoms with Gasteiger partial charge in [0.05, 0.1) is 11.9 Å². The van der Waals surface area contributed by atoms with Crippen LogP contribution in [-0.2, 0) is 0 Å². The summed E-state index contributed by atoms with van der Waals surface area (Å²) >= 11 is 0. The van der Waals surface area contributed by atoms with Crippen LogP contribution in [0.3, 0.4) is 0 Å². The van der Waals surface area contributed by atoms with Gasteiger partial charge in [0.25, 0.3) is 5.92 Å². The Morgan fingerprint density at radius 2 is 2.00 bits per heavy atom. The molecule has 1 aromatic rings. The molecule has 0 radical (unpaired) electrons. The minimum Gasteiger partial charge on any atom is -0.397 e. The molecule has 0 atom stereocenters. The quantitative estimate of drug-likeness (QED) is 0.765. The third-order valence-electron chi connectivity index (χ3n) is 2.48. The maximum absolute atomic E-state index is 12.9. The molecular weight excluding hydrogens is 202 g/mol. The molecule has 0 unspecified atom stereocenters. The fourth-order valence-corrected chi connectivity index (χ4v) is 1.59. The minimum absolute atomic E-state index is 0.135. The van der Waals surface area contributed by atoms with E-state index in [0.29, 0.717) is 24.6 Å². The number of hydrogen-bond donors (Lipinski definition) is 1. The van der Waals surface area contributed by atoms with Gasteiger partial charge in [-0.25, -0.2) is 8.78 Å². The van der Waals surface area contributed by atoms with Crippen molar-refractivity contribution in [1.82, 2.24) is 10.2 Å². The molecule has 0 spiro atoms. The van der Waals surface area contributed by atoms with Gasteiger partial charge in [-0.1, -0.05) is 0 Å². The lowest BCUT2D eigenvalue weighted by Crippen LogP contribution is -2.39. The molecule has 15 heavy (non-hydrogen) atoms. The van der Waals surface area contributed by atoms with E-state index >= 15 is 0 Å². The lowest BCUT2D eigenvalue weighted by Gasteiger charge is -2.32. The Labute approximate surface area is 86.1 Å². The minimum atomic E-state index is -2.54. The fraction of sp³-hybridized carbons (Fsp3) is 0.556. The highest BCUT2D eigenvalue weighted by Crippen LogP contribution is 2.29. The maximum Gasteiger partial charge on any atom is 0.251 e. The van der Waals surface area contributed by atoms with Gasteiger partial charge in [-0.3, -0.25) is 0 Å². The average molecular weight is 214 g/mol. The van der Waals surface area contributed by atoms with E-state index in [-0.39, 0.29) is 12.8 Å². The second-order valence-electron chi connectivity index (χ2n) is 3.69. The van der Waals surface area contributed by atoms with Crippen LogP contribution in [-0.4, -0.2) is 29.2 Å². The zero-order valence-electron chi connectivity index (χ0n) is 8.16. The number of anilines is 2. The normalized spacial score (nSPS) is 20.3. The Morgan fingerprint density at radius 1 is 1.33 bits per heavy atom. The number of alkyl halides is 2. The molecule has 1 aliphatic heterocycles. The first kappa shape index (κ1) is 10.1. The zero-order chi connectivity index (χ0) is 10.9. The van der Waals surface area contributed by atoms with Crippen LogP contribution in [0.4, 0.5) is 20.3 Å². The average Bonchev–Trinajstić information content (AvgIpc) is 2.17. The van der Waals surface area contributed by atoms with Crippen LogP contribution in [0.25, 0.3) is 0 Å². The molecule has 2 heterocycles. The third kappa shape index (κ3) is 2.31. The summed E-state index contributed by atoms with van der Waals surface area (Å²) in [6.07, 6.45) is 1.16. The number of halogens is 2. The highest BCUT2D eigenvalue weighted by molar-refractivity contribution is 5.48. The van der Waals surface area contributed by atoms with Gasteiger partial charge in [-0.2, -0.15) is 5.10 Å². The van der Waals surface area contributed by atoms with Crippen molar-refractivity contribution < 1.29 is 8.78 Å². The first-order chi connectivity index (χ1) is 7.07. The molecule has 2 rings (SSSR count). The van der Waals surface area contributed by atoms with Crippen LogP contribution >= 0.6 is 0 Å². The van der Waals surface area contributed by atoms with Crippen LogP contribution in [0.5, 0.6) is 0 Å². The van der Waals surface area contributed by atoms with E-state index in [1.54, 1.807) is 11.0 Å². The van der Waals surface area contributed by atoms with Gasteiger partial charge < -0.3 is 10.6 Å². The van der Waals surface area contributed by atoms with Gasteiger partial charge >= 0.3 is 0 Å². The number of rotatable bonds is 1. The molecule has 1 aromatic heterocycles. The van der Waals surface area contributed by atoms with E-state index in [0.717, 1.165) is 0 Å². The maximum atomic E-state index is 12.9. The van der Waals surface area contributed by atoms with Gasteiger partial charge in [0.1, 0.15) is 0 Å². The van der Waals surface area contributed by atoms with Crippen LogP contribution < -0.4 is 10.6 Å². The van der Waals surface area contributed by atoms with Gasteiger partial charge in [0, 0.05) is 32.0 Å². The van der Waals surface area contributed by atoms with Crippen molar-refractivity contribution >= 4 is 11.5 Å². The third-order valence-corrected chi connectivity index (χ3v) is 2.48. The number of aromatic nitrogens is 2. The van der Waals surface area contributed by atoms with E-state index in [1.807, 2.05) is 0 Å². The van der Waals surface area contributed by atoms with Crippen molar-refractivity contribution in [2.75, 3.05) is 23.7 Å². The Bertz CT molecular complexity index is 346. The number of nitrogen functional groups attached to an aromatic ring is 1. The predicted octanol–water partition coefficient (Wildman–Crippen LogP) is 1.29. The van der Waals surface area contributed by atoms with Gasteiger partial charge in [0.2, 0.25) is 0 Å². The van der Waals surface area contributed by atoms with E-state index < -0.39 is 5.92 Å². The Morgan fingerprint density at radius 3 is 2.60 bits per heavy atom. The van der Waals surface area contributed by atoms with Crippen LogP contribution in [0.2, 0.25) is 0 Å². The summed E-state index contributed by atoms with van der Waals surface area (Å²) in [5.41, 5.74) is 6.04. The van der Waals surface area contributed by atoms with Crippen LogP contribution in [0, 0.1) is 0 Å². The van der Waals surface area contributed by atoms with Crippen molar-refractivity contribution in [3.05, 3.63) is 12.3 Å². The summed E-state index contributed by atoms with van der Waals surface area (Å²) in [5.74, 6) is -1.96. The van der Waals surface area contributed by atoms with E-state index in [2.05, 4.69) is 10.2 Å². The standard InChI is InChI=1S/C9H12F2N4/c10-9(11)1-3-15(4-2-9)8-5-7(12)6-13-14-8/h5-6H,1-4H2,(H2,12,14). The highest BCUT2D eigenvalue weighted by atomic mass is 19.3. The lowest BCUT2D eigenvalue weighted by molar-refractivity contribution is -0.0221. The molecule has 0 aliphatic carbocycles. The first-order valence-corrected chi connectivity index (χ1v) is 4.78. The Kier molecular flexibility index (Phi) is 2.42. The molecular formula is C9H12F2N4.